The number of nitrogens with one attached hydrogen (secondary N) is 2. The molecule has 1 aromatic carbocycles. The molecule has 118 valence electrons. The van der Waals surface area contributed by atoms with E-state index in [4.69, 9.17) is 11.6 Å². The second-order valence-electron chi connectivity index (χ2n) is 4.98. The van der Waals surface area contributed by atoms with Gasteiger partial charge in [0.05, 0.1) is 10.5 Å². The summed E-state index contributed by atoms with van der Waals surface area (Å²) in [5.41, 5.74) is 2.13. The van der Waals surface area contributed by atoms with Crippen LogP contribution in [0, 0.1) is 6.92 Å². The summed E-state index contributed by atoms with van der Waals surface area (Å²) in [6, 6.07) is 11.2. The van der Waals surface area contributed by atoms with Crippen LogP contribution in [0.15, 0.2) is 46.3 Å². The molecule has 2 N–H and O–H groups in total. The third kappa shape index (κ3) is 3.49. The van der Waals surface area contributed by atoms with Crippen LogP contribution in [0.2, 0.25) is 5.02 Å². The van der Waals surface area contributed by atoms with Crippen molar-refractivity contribution in [2.45, 2.75) is 13.0 Å². The van der Waals surface area contributed by atoms with Crippen LogP contribution >= 0.6 is 38.9 Å². The topological polar surface area (TPSA) is 57.8 Å². The van der Waals surface area contributed by atoms with Crippen LogP contribution in [0.25, 0.3) is 0 Å². The van der Waals surface area contributed by atoms with Gasteiger partial charge in [-0.2, -0.15) is 5.10 Å². The van der Waals surface area contributed by atoms with E-state index in [1.54, 1.807) is 11.3 Å². The zero-order chi connectivity index (χ0) is 16.4. The van der Waals surface area contributed by atoms with Gasteiger partial charge in [0.1, 0.15) is 0 Å². The van der Waals surface area contributed by atoms with E-state index in [0.717, 1.165) is 16.1 Å². The maximum atomic E-state index is 12.6. The van der Waals surface area contributed by atoms with Crippen LogP contribution in [0.4, 0.5) is 0 Å². The molecule has 0 spiro atoms. The van der Waals surface area contributed by atoms with Gasteiger partial charge >= 0.3 is 0 Å². The maximum Gasteiger partial charge on any atom is 0.273 e. The number of hydrogen-bond acceptors (Lipinski definition) is 3. The van der Waals surface area contributed by atoms with Gasteiger partial charge in [-0.15, -0.1) is 11.3 Å². The van der Waals surface area contributed by atoms with Crippen molar-refractivity contribution >= 4 is 44.8 Å². The van der Waals surface area contributed by atoms with Crippen molar-refractivity contribution < 1.29 is 4.79 Å². The van der Waals surface area contributed by atoms with E-state index in [0.29, 0.717) is 15.2 Å². The van der Waals surface area contributed by atoms with Crippen LogP contribution in [-0.2, 0) is 0 Å². The molecule has 0 fully saturated rings. The quantitative estimate of drug-likeness (QED) is 0.654. The third-order valence-electron chi connectivity index (χ3n) is 3.39. The van der Waals surface area contributed by atoms with Crippen LogP contribution in [0.3, 0.4) is 0 Å². The Labute approximate surface area is 151 Å². The smallest absolute Gasteiger partial charge is 0.273 e. The Balaban J connectivity index is 1.92. The lowest BCUT2D eigenvalue weighted by Crippen LogP contribution is -2.29. The Bertz CT molecular complexity index is 814. The number of amides is 1. The number of aromatic amines is 1. The van der Waals surface area contributed by atoms with E-state index in [1.807, 2.05) is 48.7 Å². The Morgan fingerprint density at radius 2 is 2.09 bits per heavy atom. The van der Waals surface area contributed by atoms with Gasteiger partial charge in [0.25, 0.3) is 5.91 Å². The summed E-state index contributed by atoms with van der Waals surface area (Å²) in [5.74, 6) is -0.241. The number of H-pyrrole nitrogens is 1. The zero-order valence-corrected chi connectivity index (χ0v) is 15.3. The van der Waals surface area contributed by atoms with Gasteiger partial charge in [0.15, 0.2) is 5.69 Å². The van der Waals surface area contributed by atoms with Gasteiger partial charge in [-0.3, -0.25) is 9.89 Å². The highest BCUT2D eigenvalue weighted by molar-refractivity contribution is 9.10. The van der Waals surface area contributed by atoms with Crippen LogP contribution in [0.1, 0.15) is 32.7 Å². The predicted octanol–water partition coefficient (Wildman–Crippen LogP) is 4.71. The number of hydrogen-bond donors (Lipinski definition) is 2. The van der Waals surface area contributed by atoms with Crippen molar-refractivity contribution in [3.8, 4) is 0 Å². The van der Waals surface area contributed by atoms with Crippen molar-refractivity contribution in [1.82, 2.24) is 15.5 Å². The summed E-state index contributed by atoms with van der Waals surface area (Å²) in [7, 11) is 0. The minimum atomic E-state index is -0.247. The maximum absolute atomic E-state index is 12.6. The fourth-order valence-electron chi connectivity index (χ4n) is 2.19. The number of thiophene rings is 1. The van der Waals surface area contributed by atoms with E-state index in [-0.39, 0.29) is 11.9 Å². The van der Waals surface area contributed by atoms with E-state index >= 15 is 0 Å². The molecule has 4 nitrogen and oxygen atoms in total. The van der Waals surface area contributed by atoms with E-state index < -0.39 is 0 Å². The molecule has 3 aromatic rings. The molecule has 0 saturated heterocycles. The molecule has 0 saturated carbocycles. The van der Waals surface area contributed by atoms with E-state index in [2.05, 4.69) is 31.4 Å². The van der Waals surface area contributed by atoms with Gasteiger partial charge in [0, 0.05) is 15.6 Å². The first-order valence-corrected chi connectivity index (χ1v) is 8.91. The van der Waals surface area contributed by atoms with E-state index in [9.17, 15) is 4.79 Å². The van der Waals surface area contributed by atoms with Crippen molar-refractivity contribution in [2.24, 2.45) is 0 Å². The number of aryl methyl sites for hydroxylation is 1. The van der Waals surface area contributed by atoms with E-state index in [1.165, 1.54) is 0 Å². The Morgan fingerprint density at radius 1 is 1.35 bits per heavy atom. The highest BCUT2D eigenvalue weighted by Gasteiger charge is 2.22. The molecule has 1 atom stereocenters. The molecule has 2 heterocycles. The first kappa shape index (κ1) is 16.2. The molecule has 0 aliphatic heterocycles. The van der Waals surface area contributed by atoms with Crippen LogP contribution < -0.4 is 5.32 Å². The molecule has 0 radical (unpaired) electrons. The van der Waals surface area contributed by atoms with Gasteiger partial charge in [-0.1, -0.05) is 29.8 Å². The second kappa shape index (κ2) is 6.86. The van der Waals surface area contributed by atoms with Crippen molar-refractivity contribution in [2.75, 3.05) is 0 Å². The fraction of sp³-hybridized carbons (Fsp3) is 0.125. The Morgan fingerprint density at radius 3 is 2.65 bits per heavy atom. The SMILES string of the molecule is Cc1[nH]nc(C(=O)NC(c2ccc(Cl)cc2)c2cccs2)c1Br. The molecular formula is C16H13BrClN3OS. The number of rotatable bonds is 4. The summed E-state index contributed by atoms with van der Waals surface area (Å²) >= 11 is 10.9. The number of carbonyl (C=O) groups is 1. The molecule has 3 rings (SSSR count). The average molecular weight is 411 g/mol. The Kier molecular flexibility index (Phi) is 4.84. The molecule has 2 aromatic heterocycles. The second-order valence-corrected chi connectivity index (χ2v) is 7.19. The van der Waals surface area contributed by atoms with Crippen LogP contribution in [-0.4, -0.2) is 16.1 Å². The number of halogens is 2. The van der Waals surface area contributed by atoms with Gasteiger partial charge in [0.2, 0.25) is 0 Å². The molecule has 23 heavy (non-hydrogen) atoms. The fourth-order valence-corrected chi connectivity index (χ4v) is 3.48. The minimum absolute atomic E-state index is 0.241. The zero-order valence-electron chi connectivity index (χ0n) is 12.1. The lowest BCUT2D eigenvalue weighted by Gasteiger charge is -2.17. The molecule has 1 amide bonds. The first-order valence-electron chi connectivity index (χ1n) is 6.86. The minimum Gasteiger partial charge on any atom is -0.339 e. The van der Waals surface area contributed by atoms with Crippen molar-refractivity contribution in [3.63, 3.8) is 0 Å². The monoisotopic (exact) mass is 409 g/mol. The van der Waals surface area contributed by atoms with Gasteiger partial charge < -0.3 is 5.32 Å². The van der Waals surface area contributed by atoms with Crippen molar-refractivity contribution in [1.29, 1.82) is 0 Å². The largest absolute Gasteiger partial charge is 0.339 e. The number of carbonyl (C=O) groups excluding carboxylic acids is 1. The normalized spacial score (nSPS) is 12.1. The molecular weight excluding hydrogens is 398 g/mol. The standard InChI is InChI=1S/C16H13BrClN3OS/c1-9-13(17)15(21-20-9)16(22)19-14(12-3-2-8-23-12)10-4-6-11(18)7-5-10/h2-8,14H,1H3,(H,19,22)(H,20,21). The Hall–Kier alpha value is -1.63. The summed E-state index contributed by atoms with van der Waals surface area (Å²) in [5, 5.41) is 12.5. The van der Waals surface area contributed by atoms with Crippen molar-refractivity contribution in [3.05, 3.63) is 73.1 Å². The molecule has 0 aliphatic rings. The third-order valence-corrected chi connectivity index (χ3v) is 5.55. The summed E-state index contributed by atoms with van der Waals surface area (Å²) < 4.78 is 0.677. The van der Waals surface area contributed by atoms with Crippen LogP contribution in [0.5, 0.6) is 0 Å². The summed E-state index contributed by atoms with van der Waals surface area (Å²) in [6.07, 6.45) is 0. The summed E-state index contributed by atoms with van der Waals surface area (Å²) in [6.45, 7) is 1.85. The summed E-state index contributed by atoms with van der Waals surface area (Å²) in [4.78, 5) is 13.6. The average Bonchev–Trinajstić information content (AvgIpc) is 3.17. The molecule has 1 unspecified atom stereocenters. The van der Waals surface area contributed by atoms with Gasteiger partial charge in [-0.25, -0.2) is 0 Å². The molecule has 0 bridgehead atoms. The lowest BCUT2D eigenvalue weighted by atomic mass is 10.1. The molecule has 7 heteroatoms. The number of nitrogens with zero attached hydrogens (tertiary/aromatic N) is 1. The highest BCUT2D eigenvalue weighted by Crippen LogP contribution is 2.28. The number of aromatic nitrogens is 2. The van der Waals surface area contributed by atoms with Gasteiger partial charge in [-0.05, 0) is 52.0 Å². The molecule has 0 aliphatic carbocycles. The lowest BCUT2D eigenvalue weighted by molar-refractivity contribution is 0.0937. The highest BCUT2D eigenvalue weighted by atomic mass is 79.9. The predicted molar refractivity (Wildman–Crippen MR) is 96.1 cm³/mol. The first-order chi connectivity index (χ1) is 11.1. The number of benzene rings is 1.